The van der Waals surface area contributed by atoms with E-state index in [1.54, 1.807) is 6.07 Å². The minimum Gasteiger partial charge on any atom is -0.406 e. The van der Waals surface area contributed by atoms with E-state index in [1.165, 1.54) is 23.0 Å². The zero-order chi connectivity index (χ0) is 18.6. The number of aliphatic hydroxyl groups excluding tert-OH is 1. The number of aromatic nitrogens is 4. The van der Waals surface area contributed by atoms with Crippen LogP contribution in [-0.4, -0.2) is 38.3 Å². The molecular weight excluding hydrogens is 349 g/mol. The molecule has 3 aromatic rings. The van der Waals surface area contributed by atoms with Crippen molar-refractivity contribution in [1.29, 1.82) is 0 Å². The zero-order valence-electron chi connectivity index (χ0n) is 13.5. The Hall–Kier alpha value is -2.94. The highest BCUT2D eigenvalue weighted by Gasteiger charge is 2.31. The van der Waals surface area contributed by atoms with Gasteiger partial charge in [0.05, 0.1) is 13.2 Å². The molecule has 0 aliphatic rings. The van der Waals surface area contributed by atoms with E-state index in [2.05, 4.69) is 20.1 Å². The van der Waals surface area contributed by atoms with Crippen LogP contribution >= 0.6 is 0 Å². The highest BCUT2D eigenvalue weighted by Crippen LogP contribution is 2.26. The number of hydrogen-bond acceptors (Lipinski definition) is 5. The molecule has 0 fully saturated rings. The number of tetrazole rings is 1. The molecule has 0 bridgehead atoms. The van der Waals surface area contributed by atoms with Gasteiger partial charge in [0, 0.05) is 5.56 Å². The second kappa shape index (κ2) is 7.52. The Kier molecular flexibility index (Phi) is 5.17. The Morgan fingerprint density at radius 3 is 2.65 bits per heavy atom. The van der Waals surface area contributed by atoms with E-state index < -0.39 is 6.36 Å². The van der Waals surface area contributed by atoms with Crippen LogP contribution in [0.2, 0.25) is 0 Å². The molecule has 2 aromatic carbocycles. The third-order valence-electron chi connectivity index (χ3n) is 3.54. The Bertz CT molecular complexity index is 880. The molecule has 1 N–H and O–H groups in total. The van der Waals surface area contributed by atoms with Crippen LogP contribution in [0.15, 0.2) is 48.5 Å². The average molecular weight is 364 g/mol. The molecule has 3 rings (SSSR count). The van der Waals surface area contributed by atoms with E-state index in [1.807, 2.05) is 24.3 Å². The number of rotatable bonds is 6. The molecule has 26 heavy (non-hydrogen) atoms. The highest BCUT2D eigenvalue weighted by atomic mass is 19.4. The maximum Gasteiger partial charge on any atom is 0.573 e. The van der Waals surface area contributed by atoms with Gasteiger partial charge in [0.25, 0.3) is 0 Å². The van der Waals surface area contributed by atoms with E-state index in [-0.39, 0.29) is 18.9 Å². The summed E-state index contributed by atoms with van der Waals surface area (Å²) in [6.45, 7) is 0.120. The van der Waals surface area contributed by atoms with Crippen LogP contribution in [0.1, 0.15) is 11.1 Å². The van der Waals surface area contributed by atoms with Crippen molar-refractivity contribution in [3.63, 3.8) is 0 Å². The predicted molar refractivity (Wildman–Crippen MR) is 86.3 cm³/mol. The first-order valence-corrected chi connectivity index (χ1v) is 7.76. The molecule has 136 valence electrons. The zero-order valence-corrected chi connectivity index (χ0v) is 13.5. The summed E-state index contributed by atoms with van der Waals surface area (Å²) in [5, 5.41) is 21.0. The molecule has 9 heteroatoms. The number of aliphatic hydroxyl groups is 1. The monoisotopic (exact) mass is 364 g/mol. The summed E-state index contributed by atoms with van der Waals surface area (Å²) in [7, 11) is 0. The van der Waals surface area contributed by atoms with Crippen molar-refractivity contribution >= 4 is 0 Å². The average Bonchev–Trinajstić information content (AvgIpc) is 3.03. The third-order valence-corrected chi connectivity index (χ3v) is 3.54. The predicted octanol–water partition coefficient (Wildman–Crippen LogP) is 2.82. The summed E-state index contributed by atoms with van der Waals surface area (Å²) in [6, 6.07) is 13.1. The smallest absolute Gasteiger partial charge is 0.406 e. The van der Waals surface area contributed by atoms with E-state index in [0.29, 0.717) is 17.8 Å². The number of benzene rings is 2. The molecule has 6 nitrogen and oxygen atoms in total. The highest BCUT2D eigenvalue weighted by molar-refractivity contribution is 5.60. The normalized spacial score (nSPS) is 11.5. The summed E-state index contributed by atoms with van der Waals surface area (Å²) in [5.41, 5.74) is 2.21. The van der Waals surface area contributed by atoms with Crippen molar-refractivity contribution in [3.8, 4) is 17.1 Å². The Balaban J connectivity index is 1.85. The molecule has 0 aliphatic heterocycles. The van der Waals surface area contributed by atoms with Gasteiger partial charge in [-0.3, -0.25) is 0 Å². The molecule has 1 aromatic heterocycles. The minimum absolute atomic E-state index is 0.108. The lowest BCUT2D eigenvalue weighted by atomic mass is 9.99. The van der Waals surface area contributed by atoms with Crippen LogP contribution < -0.4 is 4.74 Å². The van der Waals surface area contributed by atoms with Crippen molar-refractivity contribution in [2.45, 2.75) is 19.3 Å². The second-order valence-electron chi connectivity index (χ2n) is 5.46. The summed E-state index contributed by atoms with van der Waals surface area (Å²) in [6.07, 6.45) is -4.36. The Morgan fingerprint density at radius 1 is 1.08 bits per heavy atom. The third kappa shape index (κ3) is 4.57. The lowest BCUT2D eigenvalue weighted by Gasteiger charge is -2.11. The topological polar surface area (TPSA) is 73.1 Å². The summed E-state index contributed by atoms with van der Waals surface area (Å²) in [4.78, 5) is 1.28. The fourth-order valence-corrected chi connectivity index (χ4v) is 2.50. The van der Waals surface area contributed by atoms with Gasteiger partial charge in [0.2, 0.25) is 5.82 Å². The van der Waals surface area contributed by atoms with Crippen LogP contribution in [0.3, 0.4) is 0 Å². The molecule has 0 amide bonds. The van der Waals surface area contributed by atoms with Gasteiger partial charge >= 0.3 is 6.36 Å². The van der Waals surface area contributed by atoms with Crippen LogP contribution in [0.25, 0.3) is 11.4 Å². The summed E-state index contributed by atoms with van der Waals surface area (Å²) >= 11 is 0. The molecule has 0 atom stereocenters. The van der Waals surface area contributed by atoms with Crippen molar-refractivity contribution < 1.29 is 23.0 Å². The first kappa shape index (κ1) is 17.9. The van der Waals surface area contributed by atoms with Gasteiger partial charge in [-0.05, 0) is 34.9 Å². The first-order chi connectivity index (χ1) is 12.4. The van der Waals surface area contributed by atoms with Gasteiger partial charge in [-0.15, -0.1) is 23.4 Å². The first-order valence-electron chi connectivity index (χ1n) is 7.76. The van der Waals surface area contributed by atoms with Crippen molar-refractivity contribution in [3.05, 3.63) is 59.7 Å². The van der Waals surface area contributed by atoms with Gasteiger partial charge in [-0.1, -0.05) is 36.4 Å². The fraction of sp³-hybridized carbons (Fsp3) is 0.235. The van der Waals surface area contributed by atoms with E-state index in [9.17, 15) is 13.2 Å². The fourth-order valence-electron chi connectivity index (χ4n) is 2.50. The number of halogens is 3. The molecule has 0 aliphatic carbocycles. The molecular formula is C17H15F3N4O2. The molecule has 0 unspecified atom stereocenters. The quantitative estimate of drug-likeness (QED) is 0.728. The minimum atomic E-state index is -4.73. The molecule has 0 radical (unpaired) electrons. The number of hydrogen-bond donors (Lipinski definition) is 1. The lowest BCUT2D eigenvalue weighted by molar-refractivity contribution is -0.274. The van der Waals surface area contributed by atoms with E-state index in [4.69, 9.17) is 5.11 Å². The van der Waals surface area contributed by atoms with Gasteiger partial charge in [0.1, 0.15) is 5.75 Å². The molecule has 1 heterocycles. The standard InChI is InChI=1S/C17H15F3N4O2/c18-17(19,20)26-14-6-3-4-12(11-14)10-13-5-1-2-7-15(13)16-21-23-24(22-16)8-9-25/h1-7,11,25H,8-10H2. The van der Waals surface area contributed by atoms with Crippen molar-refractivity contribution in [1.82, 2.24) is 20.2 Å². The maximum atomic E-state index is 12.4. The van der Waals surface area contributed by atoms with Gasteiger partial charge in [-0.25, -0.2) is 0 Å². The Morgan fingerprint density at radius 2 is 1.88 bits per heavy atom. The van der Waals surface area contributed by atoms with Crippen LogP contribution in [0.5, 0.6) is 5.75 Å². The van der Waals surface area contributed by atoms with Crippen LogP contribution in [-0.2, 0) is 13.0 Å². The summed E-state index contributed by atoms with van der Waals surface area (Å²) < 4.78 is 41.1. The Labute approximate surface area is 146 Å². The van der Waals surface area contributed by atoms with Crippen molar-refractivity contribution in [2.75, 3.05) is 6.61 Å². The lowest BCUT2D eigenvalue weighted by Crippen LogP contribution is -2.17. The largest absolute Gasteiger partial charge is 0.573 e. The maximum absolute atomic E-state index is 12.4. The number of ether oxygens (including phenoxy) is 1. The number of nitrogens with zero attached hydrogens (tertiary/aromatic N) is 4. The van der Waals surface area contributed by atoms with Crippen LogP contribution in [0.4, 0.5) is 13.2 Å². The summed E-state index contributed by atoms with van der Waals surface area (Å²) in [5.74, 6) is 0.122. The van der Waals surface area contributed by atoms with Gasteiger partial charge < -0.3 is 9.84 Å². The molecule has 0 saturated carbocycles. The van der Waals surface area contributed by atoms with Crippen molar-refractivity contribution in [2.24, 2.45) is 0 Å². The number of alkyl halides is 3. The molecule has 0 saturated heterocycles. The molecule has 0 spiro atoms. The van der Waals surface area contributed by atoms with Crippen LogP contribution in [0, 0.1) is 0 Å². The van der Waals surface area contributed by atoms with E-state index in [0.717, 1.165) is 11.1 Å². The van der Waals surface area contributed by atoms with Gasteiger partial charge in [-0.2, -0.15) is 4.80 Å². The SMILES string of the molecule is OCCn1nnc(-c2ccccc2Cc2cccc(OC(F)(F)F)c2)n1. The van der Waals surface area contributed by atoms with Gasteiger partial charge in [0.15, 0.2) is 0 Å². The second-order valence-corrected chi connectivity index (χ2v) is 5.46. The van der Waals surface area contributed by atoms with E-state index >= 15 is 0 Å².